The maximum absolute atomic E-state index is 7.40. The van der Waals surface area contributed by atoms with Crippen molar-refractivity contribution in [3.63, 3.8) is 0 Å². The summed E-state index contributed by atoms with van der Waals surface area (Å²) >= 11 is 15.0. The number of furan rings is 1. The molecule has 0 fully saturated rings. The van der Waals surface area contributed by atoms with Gasteiger partial charge in [-0.2, -0.15) is 0 Å². The molecule has 0 spiro atoms. The van der Waals surface area contributed by atoms with Crippen LogP contribution in [0.1, 0.15) is 11.1 Å². The minimum absolute atomic E-state index is 0. The fourth-order valence-electron chi connectivity index (χ4n) is 2.54. The Labute approximate surface area is 178 Å². The number of hydrogen-bond donors (Lipinski definition) is 4. The Balaban J connectivity index is 0.00000243. The summed E-state index contributed by atoms with van der Waals surface area (Å²) in [6.07, 6.45) is 0. The zero-order valence-corrected chi connectivity index (χ0v) is 18.1. The summed E-state index contributed by atoms with van der Waals surface area (Å²) in [5.41, 5.74) is 13.8. The van der Waals surface area contributed by atoms with Gasteiger partial charge in [-0.1, -0.05) is 46.7 Å². The van der Waals surface area contributed by atoms with Crippen molar-refractivity contribution in [1.29, 1.82) is 10.8 Å². The first-order valence-electron chi connectivity index (χ1n) is 7.13. The normalized spacial score (nSPS) is 10.8. The summed E-state index contributed by atoms with van der Waals surface area (Å²) in [5, 5.41) is 17.8. The number of fused-ring (bicyclic) bond motifs is 3. The second-order valence-electron chi connectivity index (χ2n) is 5.21. The lowest BCUT2D eigenvalue weighted by molar-refractivity contribution is 0.662. The van der Waals surface area contributed by atoms with Crippen LogP contribution in [0.15, 0.2) is 28.7 Å². The Morgan fingerprint density at radius 1 is 0.846 bits per heavy atom. The molecule has 0 aliphatic heterocycles. The smallest absolute Gasteiger partial charge is 0.151 e. The van der Waals surface area contributed by atoms with Crippen molar-refractivity contribution in [3.05, 3.63) is 45.4 Å². The van der Waals surface area contributed by atoms with Gasteiger partial charge in [-0.05, 0) is 24.3 Å². The van der Waals surface area contributed by atoms with Gasteiger partial charge < -0.3 is 15.9 Å². The topological polar surface area (TPSA) is 113 Å². The minimum Gasteiger partial charge on any atom is -0.455 e. The zero-order valence-electron chi connectivity index (χ0n) is 13.3. The molecular formula is C16H15BrCl2N4OS2. The fraction of sp³-hybridized carbons (Fsp3) is 0.125. The summed E-state index contributed by atoms with van der Waals surface area (Å²) in [5.74, 6) is 0.882. The van der Waals surface area contributed by atoms with E-state index in [-0.39, 0.29) is 27.3 Å². The average molecular weight is 494 g/mol. The molecule has 10 heteroatoms. The lowest BCUT2D eigenvalue weighted by Gasteiger charge is -2.04. The quantitative estimate of drug-likeness (QED) is 0.274. The number of amidine groups is 2. The lowest BCUT2D eigenvalue weighted by Crippen LogP contribution is -2.04. The molecule has 1 heterocycles. The standard InChI is InChI=1S/C16H14Cl2N4OS2.BrH/c17-11-3-1-7-8-2-4-12(18)10(6-25-16(21)22)14(8)23-13(7)9(11)5-24-15(19)20;/h1-4H,5-6H2,(H3,19,20)(H3,21,22);1H. The van der Waals surface area contributed by atoms with Gasteiger partial charge in [0.2, 0.25) is 0 Å². The Hall–Kier alpha value is -1.06. The van der Waals surface area contributed by atoms with Crippen molar-refractivity contribution in [2.45, 2.75) is 11.5 Å². The van der Waals surface area contributed by atoms with Crippen molar-refractivity contribution < 1.29 is 4.42 Å². The molecule has 0 saturated carbocycles. The molecule has 3 aromatic rings. The molecule has 0 aliphatic rings. The van der Waals surface area contributed by atoms with E-state index in [1.807, 2.05) is 24.3 Å². The third-order valence-electron chi connectivity index (χ3n) is 3.64. The Morgan fingerprint density at radius 3 is 1.58 bits per heavy atom. The number of rotatable bonds is 4. The van der Waals surface area contributed by atoms with E-state index in [0.29, 0.717) is 32.7 Å². The first-order chi connectivity index (χ1) is 11.9. The van der Waals surface area contributed by atoms with Crippen LogP contribution in [0.3, 0.4) is 0 Å². The molecule has 3 rings (SSSR count). The highest BCUT2D eigenvalue weighted by molar-refractivity contribution is 8.93. The molecule has 0 amide bonds. The van der Waals surface area contributed by atoms with E-state index in [4.69, 9.17) is 49.9 Å². The minimum atomic E-state index is 0. The van der Waals surface area contributed by atoms with E-state index in [1.54, 1.807) is 0 Å². The van der Waals surface area contributed by atoms with Gasteiger partial charge in [0.15, 0.2) is 10.3 Å². The first kappa shape index (κ1) is 21.2. The van der Waals surface area contributed by atoms with E-state index >= 15 is 0 Å². The number of benzene rings is 2. The van der Waals surface area contributed by atoms with Gasteiger partial charge in [0.05, 0.1) is 0 Å². The number of nitrogens with one attached hydrogen (secondary N) is 2. The number of halogens is 3. The van der Waals surface area contributed by atoms with Crippen molar-refractivity contribution >= 4 is 96.0 Å². The molecule has 5 nitrogen and oxygen atoms in total. The van der Waals surface area contributed by atoms with Gasteiger partial charge in [-0.25, -0.2) is 0 Å². The summed E-state index contributed by atoms with van der Waals surface area (Å²) in [4.78, 5) is 0. The number of thioether (sulfide) groups is 2. The van der Waals surface area contributed by atoms with Crippen LogP contribution >= 0.6 is 63.7 Å². The van der Waals surface area contributed by atoms with Crippen molar-refractivity contribution in [3.8, 4) is 0 Å². The van der Waals surface area contributed by atoms with Gasteiger partial charge in [-0.3, -0.25) is 10.8 Å². The molecule has 0 aliphatic carbocycles. The summed E-state index contributed by atoms with van der Waals surface area (Å²) in [7, 11) is 0. The van der Waals surface area contributed by atoms with Crippen LogP contribution in [-0.2, 0) is 11.5 Å². The maximum Gasteiger partial charge on any atom is 0.151 e. The second-order valence-corrected chi connectivity index (χ2v) is 8.06. The first-order valence-corrected chi connectivity index (χ1v) is 9.85. The molecule has 0 bridgehead atoms. The van der Waals surface area contributed by atoms with E-state index in [0.717, 1.165) is 21.9 Å². The zero-order chi connectivity index (χ0) is 18.1. The number of nitrogens with two attached hydrogens (primary N) is 2. The van der Waals surface area contributed by atoms with Crippen molar-refractivity contribution in [2.75, 3.05) is 0 Å². The highest BCUT2D eigenvalue weighted by Gasteiger charge is 2.18. The molecule has 6 N–H and O–H groups in total. The molecule has 2 aromatic carbocycles. The molecule has 0 atom stereocenters. The predicted octanol–water partition coefficient (Wildman–Crippen LogP) is 5.72. The molecular weight excluding hydrogens is 479 g/mol. The second kappa shape index (κ2) is 8.75. The van der Waals surface area contributed by atoms with Crippen LogP contribution < -0.4 is 11.5 Å². The van der Waals surface area contributed by atoms with E-state index in [2.05, 4.69) is 0 Å². The fourth-order valence-corrected chi connectivity index (χ4v) is 4.30. The lowest BCUT2D eigenvalue weighted by atomic mass is 10.1. The Bertz CT molecular complexity index is 931. The summed E-state index contributed by atoms with van der Waals surface area (Å²) in [6, 6.07) is 7.43. The molecule has 1 aromatic heterocycles. The molecule has 0 radical (unpaired) electrons. The average Bonchev–Trinajstić information content (AvgIpc) is 2.91. The molecule has 0 unspecified atom stereocenters. The van der Waals surface area contributed by atoms with Crippen LogP contribution in [0, 0.1) is 10.8 Å². The van der Waals surface area contributed by atoms with Crippen molar-refractivity contribution in [2.24, 2.45) is 11.5 Å². The largest absolute Gasteiger partial charge is 0.455 e. The maximum atomic E-state index is 7.40. The molecule has 26 heavy (non-hydrogen) atoms. The monoisotopic (exact) mass is 492 g/mol. The van der Waals surface area contributed by atoms with Gasteiger partial charge in [0, 0.05) is 43.5 Å². The van der Waals surface area contributed by atoms with Crippen LogP contribution in [0.4, 0.5) is 0 Å². The van der Waals surface area contributed by atoms with Crippen LogP contribution in [0.25, 0.3) is 21.9 Å². The van der Waals surface area contributed by atoms with Gasteiger partial charge in [0.25, 0.3) is 0 Å². The summed E-state index contributed by atoms with van der Waals surface area (Å²) in [6.45, 7) is 0. The predicted molar refractivity (Wildman–Crippen MR) is 120 cm³/mol. The van der Waals surface area contributed by atoms with Gasteiger partial charge in [-0.15, -0.1) is 17.0 Å². The SMILES string of the molecule is Br.N=C(N)SCc1c(Cl)ccc2c1oc1c(CSC(=N)N)c(Cl)ccc12. The van der Waals surface area contributed by atoms with Crippen LogP contribution in [0.5, 0.6) is 0 Å². The molecule has 0 saturated heterocycles. The Kier molecular flexibility index (Phi) is 7.15. The van der Waals surface area contributed by atoms with Crippen LogP contribution in [0.2, 0.25) is 10.0 Å². The highest BCUT2D eigenvalue weighted by Crippen LogP contribution is 2.39. The van der Waals surface area contributed by atoms with E-state index in [9.17, 15) is 0 Å². The van der Waals surface area contributed by atoms with Crippen molar-refractivity contribution in [1.82, 2.24) is 0 Å². The number of hydrogen-bond acceptors (Lipinski definition) is 5. The summed E-state index contributed by atoms with van der Waals surface area (Å²) < 4.78 is 6.12. The third kappa shape index (κ3) is 4.26. The molecule has 138 valence electrons. The Morgan fingerprint density at radius 2 is 1.23 bits per heavy atom. The van der Waals surface area contributed by atoms with E-state index < -0.39 is 0 Å². The van der Waals surface area contributed by atoms with Gasteiger partial charge >= 0.3 is 0 Å². The highest BCUT2D eigenvalue weighted by atomic mass is 79.9. The van der Waals surface area contributed by atoms with Crippen LogP contribution in [-0.4, -0.2) is 10.3 Å². The van der Waals surface area contributed by atoms with Gasteiger partial charge in [0.1, 0.15) is 11.2 Å². The van der Waals surface area contributed by atoms with E-state index in [1.165, 1.54) is 23.5 Å². The third-order valence-corrected chi connectivity index (χ3v) is 5.84.